The largest absolute Gasteiger partial charge is 0.453 e. The molecule has 0 radical (unpaired) electrons. The third-order valence-electron chi connectivity index (χ3n) is 6.72. The fraction of sp³-hybridized carbons (Fsp3) is 0. The number of hydrogen-bond donors (Lipinski definition) is 0. The molecule has 4 aromatic carbocycles. The predicted octanol–water partition coefficient (Wildman–Crippen LogP) is 8.41. The maximum absolute atomic E-state index is 9.24. The van der Waals surface area contributed by atoms with Crippen LogP contribution in [0.25, 0.3) is 33.4 Å². The molecule has 3 heterocycles. The highest BCUT2D eigenvalue weighted by molar-refractivity contribution is 5.94. The summed E-state index contributed by atoms with van der Waals surface area (Å²) in [7, 11) is 0. The van der Waals surface area contributed by atoms with Gasteiger partial charge in [0.2, 0.25) is 0 Å². The minimum absolute atomic E-state index is 0.624. The van der Waals surface area contributed by atoms with Crippen molar-refractivity contribution < 1.29 is 4.74 Å². The van der Waals surface area contributed by atoms with Gasteiger partial charge in [-0.15, -0.1) is 0 Å². The number of ether oxygens (including phenoxy) is 1. The van der Waals surface area contributed by atoms with Crippen molar-refractivity contribution in [1.29, 1.82) is 5.26 Å². The van der Waals surface area contributed by atoms with E-state index in [1.54, 1.807) is 6.20 Å². The Balaban J connectivity index is 1.39. The van der Waals surface area contributed by atoms with E-state index in [0.717, 1.165) is 62.0 Å². The van der Waals surface area contributed by atoms with E-state index >= 15 is 0 Å². The number of para-hydroxylation sites is 4. The Kier molecular flexibility index (Phi) is 5.09. The van der Waals surface area contributed by atoms with Gasteiger partial charge < -0.3 is 9.64 Å². The summed E-state index contributed by atoms with van der Waals surface area (Å²) < 4.78 is 6.19. The maximum Gasteiger partial charge on any atom is 0.151 e. The number of nitrogens with zero attached hydrogens (tertiary/aromatic N) is 4. The van der Waals surface area contributed by atoms with E-state index in [1.807, 2.05) is 72.8 Å². The molecule has 0 fully saturated rings. The van der Waals surface area contributed by atoms with Crippen molar-refractivity contribution in [3.05, 3.63) is 127 Å². The second-order valence-electron chi connectivity index (χ2n) is 9.04. The van der Waals surface area contributed by atoms with Gasteiger partial charge >= 0.3 is 0 Å². The molecule has 1 aliphatic heterocycles. The molecule has 0 saturated heterocycles. The van der Waals surface area contributed by atoms with Crippen molar-refractivity contribution >= 4 is 28.1 Å². The van der Waals surface area contributed by atoms with Crippen molar-refractivity contribution in [2.24, 2.45) is 0 Å². The minimum atomic E-state index is 0.624. The Morgan fingerprint density at radius 3 is 2.16 bits per heavy atom. The molecule has 0 aliphatic carbocycles. The molecule has 0 amide bonds. The predicted molar refractivity (Wildman–Crippen MR) is 150 cm³/mol. The van der Waals surface area contributed by atoms with Crippen LogP contribution in [-0.2, 0) is 0 Å². The molecule has 178 valence electrons. The van der Waals surface area contributed by atoms with Crippen LogP contribution in [0, 0.1) is 11.3 Å². The van der Waals surface area contributed by atoms with Gasteiger partial charge in [0.05, 0.1) is 39.7 Å². The second kappa shape index (κ2) is 8.88. The molecule has 0 atom stereocenters. The number of pyridine rings is 2. The normalized spacial score (nSPS) is 11.8. The van der Waals surface area contributed by atoms with Gasteiger partial charge in [0, 0.05) is 23.0 Å². The van der Waals surface area contributed by atoms with E-state index < -0.39 is 0 Å². The van der Waals surface area contributed by atoms with Crippen LogP contribution in [0.3, 0.4) is 0 Å². The molecule has 5 nitrogen and oxygen atoms in total. The average molecular weight is 489 g/mol. The number of rotatable bonds is 3. The first kappa shape index (κ1) is 21.8. The molecular weight excluding hydrogens is 468 g/mol. The molecule has 0 saturated carbocycles. The van der Waals surface area contributed by atoms with Gasteiger partial charge in [-0.3, -0.25) is 4.98 Å². The lowest BCUT2D eigenvalue weighted by Gasteiger charge is -2.33. The Morgan fingerprint density at radius 2 is 1.42 bits per heavy atom. The van der Waals surface area contributed by atoms with Crippen LogP contribution in [0.15, 0.2) is 121 Å². The fourth-order valence-electron chi connectivity index (χ4n) is 4.94. The van der Waals surface area contributed by atoms with Crippen LogP contribution in [0.2, 0.25) is 0 Å². The summed E-state index contributed by atoms with van der Waals surface area (Å²) in [6.07, 6.45) is 1.78. The molecule has 0 unspecified atom stereocenters. The number of nitriles is 1. The minimum Gasteiger partial charge on any atom is -0.453 e. The summed E-state index contributed by atoms with van der Waals surface area (Å²) in [6.45, 7) is 0. The Hall–Kier alpha value is -5.47. The van der Waals surface area contributed by atoms with E-state index in [1.165, 1.54) is 0 Å². The van der Waals surface area contributed by atoms with Crippen molar-refractivity contribution in [2.45, 2.75) is 0 Å². The van der Waals surface area contributed by atoms with Crippen molar-refractivity contribution in [3.63, 3.8) is 0 Å². The van der Waals surface area contributed by atoms with Crippen LogP contribution in [-0.4, -0.2) is 9.97 Å². The molecule has 5 heteroatoms. The smallest absolute Gasteiger partial charge is 0.151 e. The van der Waals surface area contributed by atoms with Gasteiger partial charge in [0.15, 0.2) is 11.5 Å². The number of aromatic nitrogens is 2. The molecule has 0 spiro atoms. The van der Waals surface area contributed by atoms with Crippen molar-refractivity contribution in [3.8, 4) is 40.0 Å². The average Bonchev–Trinajstić information content (AvgIpc) is 2.99. The van der Waals surface area contributed by atoms with Crippen LogP contribution < -0.4 is 9.64 Å². The van der Waals surface area contributed by atoms with Gasteiger partial charge in [-0.05, 0) is 72.3 Å². The summed E-state index contributed by atoms with van der Waals surface area (Å²) in [5.41, 5.74) is 9.05. The Bertz CT molecular complexity index is 1830. The Labute approximate surface area is 219 Å². The van der Waals surface area contributed by atoms with Crippen LogP contribution in [0.4, 0.5) is 17.1 Å². The molecule has 7 rings (SSSR count). The van der Waals surface area contributed by atoms with E-state index in [4.69, 9.17) is 9.72 Å². The standard InChI is InChI=1S/C33H20N4O/c34-21-22-14-16-23(17-15-22)26-20-28(36-27-9-6-18-35-33(26)27)24-7-5-8-25(19-24)37-29-10-1-3-12-31(29)38-32-13-4-2-11-30(32)37/h1-20H. The molecule has 1 aliphatic rings. The zero-order chi connectivity index (χ0) is 25.5. The lowest BCUT2D eigenvalue weighted by molar-refractivity contribution is 0.477. The van der Waals surface area contributed by atoms with Crippen molar-refractivity contribution in [1.82, 2.24) is 9.97 Å². The zero-order valence-electron chi connectivity index (χ0n) is 20.2. The van der Waals surface area contributed by atoms with Gasteiger partial charge in [0.25, 0.3) is 0 Å². The highest BCUT2D eigenvalue weighted by atomic mass is 16.5. The highest BCUT2D eigenvalue weighted by Gasteiger charge is 2.25. The maximum atomic E-state index is 9.24. The topological polar surface area (TPSA) is 62.0 Å². The summed E-state index contributed by atoms with van der Waals surface area (Å²) >= 11 is 0. The highest BCUT2D eigenvalue weighted by Crippen LogP contribution is 2.50. The van der Waals surface area contributed by atoms with Crippen LogP contribution in [0.1, 0.15) is 5.56 Å². The SMILES string of the molecule is N#Cc1ccc(-c2cc(-c3cccc(N4c5ccccc5Oc5ccccc54)c3)nc3cccnc23)cc1. The van der Waals surface area contributed by atoms with Gasteiger partial charge in [-0.25, -0.2) is 4.98 Å². The van der Waals surface area contributed by atoms with Crippen molar-refractivity contribution in [2.75, 3.05) is 4.90 Å². The summed E-state index contributed by atoms with van der Waals surface area (Å²) in [5, 5.41) is 9.24. The third kappa shape index (κ3) is 3.64. The lowest BCUT2D eigenvalue weighted by Crippen LogP contribution is -2.15. The third-order valence-corrected chi connectivity index (χ3v) is 6.72. The van der Waals surface area contributed by atoms with E-state index in [2.05, 4.69) is 58.4 Å². The first-order valence-electron chi connectivity index (χ1n) is 12.3. The van der Waals surface area contributed by atoms with Gasteiger partial charge in [-0.1, -0.05) is 48.5 Å². The number of hydrogen-bond acceptors (Lipinski definition) is 5. The summed E-state index contributed by atoms with van der Waals surface area (Å²) in [6, 6.07) is 40.3. The summed E-state index contributed by atoms with van der Waals surface area (Å²) in [5.74, 6) is 1.63. The van der Waals surface area contributed by atoms with Crippen LogP contribution >= 0.6 is 0 Å². The number of fused-ring (bicyclic) bond motifs is 3. The lowest BCUT2D eigenvalue weighted by atomic mass is 9.99. The first-order chi connectivity index (χ1) is 18.8. The molecule has 38 heavy (non-hydrogen) atoms. The number of anilines is 3. The second-order valence-corrected chi connectivity index (χ2v) is 9.04. The molecule has 2 aromatic heterocycles. The number of benzene rings is 4. The van der Waals surface area contributed by atoms with Gasteiger partial charge in [0.1, 0.15) is 0 Å². The fourth-order valence-corrected chi connectivity index (χ4v) is 4.94. The Morgan fingerprint density at radius 1 is 0.684 bits per heavy atom. The van der Waals surface area contributed by atoms with E-state index in [0.29, 0.717) is 5.56 Å². The molecule has 0 N–H and O–H groups in total. The molecular formula is C33H20N4O. The summed E-state index contributed by atoms with van der Waals surface area (Å²) in [4.78, 5) is 11.8. The molecule has 0 bridgehead atoms. The van der Waals surface area contributed by atoms with Crippen LogP contribution in [0.5, 0.6) is 11.5 Å². The monoisotopic (exact) mass is 488 g/mol. The van der Waals surface area contributed by atoms with Gasteiger partial charge in [-0.2, -0.15) is 5.26 Å². The zero-order valence-corrected chi connectivity index (χ0v) is 20.2. The molecule has 6 aromatic rings. The quantitative estimate of drug-likeness (QED) is 0.250. The van der Waals surface area contributed by atoms with E-state index in [-0.39, 0.29) is 0 Å². The first-order valence-corrected chi connectivity index (χ1v) is 12.3. The van der Waals surface area contributed by atoms with E-state index in [9.17, 15) is 5.26 Å².